The highest BCUT2D eigenvalue weighted by atomic mass is 19.1. The van der Waals surface area contributed by atoms with Gasteiger partial charge in [-0.15, -0.1) is 0 Å². The second kappa shape index (κ2) is 5.65. The van der Waals surface area contributed by atoms with Gasteiger partial charge in [-0.1, -0.05) is 13.3 Å². The van der Waals surface area contributed by atoms with Gasteiger partial charge in [0.05, 0.1) is 6.61 Å². The van der Waals surface area contributed by atoms with E-state index in [2.05, 4.69) is 6.92 Å². The highest BCUT2D eigenvalue weighted by Gasteiger charge is 2.32. The molecule has 4 heteroatoms. The SMILES string of the molecule is CCCCN(c1c(F)cc(CO)cc1F)C1CC1. The summed E-state index contributed by atoms with van der Waals surface area (Å²) in [6, 6.07) is 2.72. The molecule has 0 aromatic heterocycles. The van der Waals surface area contributed by atoms with E-state index in [1.807, 2.05) is 4.90 Å². The summed E-state index contributed by atoms with van der Waals surface area (Å²) in [5.74, 6) is -1.14. The number of rotatable bonds is 6. The number of benzene rings is 1. The Labute approximate surface area is 106 Å². The van der Waals surface area contributed by atoms with Crippen LogP contribution in [0, 0.1) is 11.6 Å². The van der Waals surface area contributed by atoms with Crippen LogP contribution in [0.25, 0.3) is 0 Å². The molecule has 0 heterocycles. The van der Waals surface area contributed by atoms with Crippen molar-refractivity contribution in [3.63, 3.8) is 0 Å². The topological polar surface area (TPSA) is 23.5 Å². The number of nitrogens with zero attached hydrogens (tertiary/aromatic N) is 1. The number of anilines is 1. The molecule has 0 bridgehead atoms. The van der Waals surface area contributed by atoms with Crippen LogP contribution in [0.4, 0.5) is 14.5 Å². The highest BCUT2D eigenvalue weighted by Crippen LogP contribution is 2.35. The third-order valence-electron chi connectivity index (χ3n) is 3.29. The maximum atomic E-state index is 14.0. The maximum Gasteiger partial charge on any atom is 0.149 e. The Hall–Kier alpha value is -1.16. The summed E-state index contributed by atoms with van der Waals surface area (Å²) >= 11 is 0. The van der Waals surface area contributed by atoms with E-state index in [9.17, 15) is 8.78 Å². The minimum absolute atomic E-state index is 0.0724. The molecule has 2 nitrogen and oxygen atoms in total. The Morgan fingerprint density at radius 3 is 2.33 bits per heavy atom. The molecule has 1 aromatic rings. The van der Waals surface area contributed by atoms with Crippen LogP contribution in [0.5, 0.6) is 0 Å². The van der Waals surface area contributed by atoms with Crippen LogP contribution in [-0.2, 0) is 6.61 Å². The van der Waals surface area contributed by atoms with Gasteiger partial charge in [0.15, 0.2) is 0 Å². The quantitative estimate of drug-likeness (QED) is 0.843. The van der Waals surface area contributed by atoms with E-state index in [4.69, 9.17) is 5.11 Å². The molecule has 1 aliphatic carbocycles. The Morgan fingerprint density at radius 2 is 1.89 bits per heavy atom. The summed E-state index contributed by atoms with van der Waals surface area (Å²) < 4.78 is 27.9. The van der Waals surface area contributed by atoms with Gasteiger partial charge in [0.1, 0.15) is 17.3 Å². The predicted molar refractivity (Wildman–Crippen MR) is 67.6 cm³/mol. The first-order valence-corrected chi connectivity index (χ1v) is 6.52. The number of hydrogen-bond acceptors (Lipinski definition) is 2. The average Bonchev–Trinajstić information content (AvgIpc) is 3.16. The fourth-order valence-electron chi connectivity index (χ4n) is 2.18. The van der Waals surface area contributed by atoms with Crippen LogP contribution in [-0.4, -0.2) is 17.7 Å². The lowest BCUT2D eigenvalue weighted by molar-refractivity contribution is 0.280. The van der Waals surface area contributed by atoms with Crippen LogP contribution in [0.3, 0.4) is 0 Å². The van der Waals surface area contributed by atoms with Crippen molar-refractivity contribution in [2.75, 3.05) is 11.4 Å². The van der Waals surface area contributed by atoms with Crippen molar-refractivity contribution in [2.45, 2.75) is 45.3 Å². The zero-order valence-electron chi connectivity index (χ0n) is 10.6. The minimum atomic E-state index is -0.568. The Balaban J connectivity index is 2.28. The van der Waals surface area contributed by atoms with Crippen LogP contribution in [0.1, 0.15) is 38.2 Å². The second-order valence-corrected chi connectivity index (χ2v) is 4.84. The standard InChI is InChI=1S/C14H19F2NO/c1-2-3-6-17(11-4-5-11)14-12(15)7-10(9-18)8-13(14)16/h7-8,11,18H,2-6,9H2,1H3. The van der Waals surface area contributed by atoms with Gasteiger partial charge in [-0.2, -0.15) is 0 Å². The molecule has 2 rings (SSSR count). The van der Waals surface area contributed by atoms with Crippen molar-refractivity contribution in [1.29, 1.82) is 0 Å². The third-order valence-corrected chi connectivity index (χ3v) is 3.29. The van der Waals surface area contributed by atoms with Crippen molar-refractivity contribution < 1.29 is 13.9 Å². The van der Waals surface area contributed by atoms with E-state index in [1.54, 1.807) is 0 Å². The Kier molecular flexibility index (Phi) is 4.17. The normalized spacial score (nSPS) is 14.9. The lowest BCUT2D eigenvalue weighted by Gasteiger charge is -2.25. The van der Waals surface area contributed by atoms with Crippen LogP contribution >= 0.6 is 0 Å². The average molecular weight is 255 g/mol. The molecule has 18 heavy (non-hydrogen) atoms. The first-order valence-electron chi connectivity index (χ1n) is 6.52. The molecule has 1 aliphatic rings. The van der Waals surface area contributed by atoms with Crippen molar-refractivity contribution in [3.8, 4) is 0 Å². The molecule has 1 fully saturated rings. The van der Waals surface area contributed by atoms with E-state index in [0.717, 1.165) is 25.7 Å². The molecule has 0 spiro atoms. The number of hydrogen-bond donors (Lipinski definition) is 1. The Morgan fingerprint density at radius 1 is 1.28 bits per heavy atom. The van der Waals surface area contributed by atoms with Crippen molar-refractivity contribution in [1.82, 2.24) is 0 Å². The number of aliphatic hydroxyl groups excluding tert-OH is 1. The van der Waals surface area contributed by atoms with Gasteiger partial charge in [-0.05, 0) is 37.0 Å². The molecule has 0 aliphatic heterocycles. The number of aliphatic hydroxyl groups is 1. The van der Waals surface area contributed by atoms with E-state index >= 15 is 0 Å². The fraction of sp³-hybridized carbons (Fsp3) is 0.571. The van der Waals surface area contributed by atoms with Gasteiger partial charge >= 0.3 is 0 Å². The number of unbranched alkanes of at least 4 members (excludes halogenated alkanes) is 1. The summed E-state index contributed by atoms with van der Waals surface area (Å²) in [5.41, 5.74) is 0.350. The summed E-state index contributed by atoms with van der Waals surface area (Å²) in [5, 5.41) is 8.93. The van der Waals surface area contributed by atoms with Crippen LogP contribution in [0.15, 0.2) is 12.1 Å². The third kappa shape index (κ3) is 2.80. The molecule has 1 N–H and O–H groups in total. The first kappa shape index (κ1) is 13.3. The van der Waals surface area contributed by atoms with Crippen molar-refractivity contribution in [2.24, 2.45) is 0 Å². The van der Waals surface area contributed by atoms with Gasteiger partial charge in [0.25, 0.3) is 0 Å². The molecule has 0 amide bonds. The Bertz CT molecular complexity index is 395. The van der Waals surface area contributed by atoms with Crippen LogP contribution in [0.2, 0.25) is 0 Å². The molecule has 1 aromatic carbocycles. The molecule has 0 unspecified atom stereocenters. The fourth-order valence-corrected chi connectivity index (χ4v) is 2.18. The lowest BCUT2D eigenvalue weighted by atomic mass is 10.1. The molecule has 1 saturated carbocycles. The first-order chi connectivity index (χ1) is 8.67. The van der Waals surface area contributed by atoms with E-state index < -0.39 is 11.6 Å². The van der Waals surface area contributed by atoms with Gasteiger partial charge in [0, 0.05) is 12.6 Å². The lowest BCUT2D eigenvalue weighted by Crippen LogP contribution is -2.28. The molecular formula is C14H19F2NO. The zero-order valence-corrected chi connectivity index (χ0v) is 10.6. The minimum Gasteiger partial charge on any atom is -0.392 e. The monoisotopic (exact) mass is 255 g/mol. The molecule has 0 radical (unpaired) electrons. The second-order valence-electron chi connectivity index (χ2n) is 4.84. The molecular weight excluding hydrogens is 236 g/mol. The summed E-state index contributed by atoms with van der Waals surface area (Å²) in [6.07, 6.45) is 3.94. The highest BCUT2D eigenvalue weighted by molar-refractivity contribution is 5.52. The zero-order chi connectivity index (χ0) is 13.1. The largest absolute Gasteiger partial charge is 0.392 e. The van der Waals surface area contributed by atoms with Gasteiger partial charge in [-0.3, -0.25) is 0 Å². The smallest absolute Gasteiger partial charge is 0.149 e. The maximum absolute atomic E-state index is 14.0. The van der Waals surface area contributed by atoms with Crippen molar-refractivity contribution >= 4 is 5.69 Å². The summed E-state index contributed by atoms with van der Waals surface area (Å²) in [4.78, 5) is 1.84. The van der Waals surface area contributed by atoms with Gasteiger partial charge < -0.3 is 10.0 Å². The van der Waals surface area contributed by atoms with Crippen molar-refractivity contribution in [3.05, 3.63) is 29.3 Å². The number of halogens is 2. The molecule has 100 valence electrons. The van der Waals surface area contributed by atoms with Gasteiger partial charge in [0.2, 0.25) is 0 Å². The summed E-state index contributed by atoms with van der Waals surface area (Å²) in [7, 11) is 0. The van der Waals surface area contributed by atoms with Crippen LogP contribution < -0.4 is 4.90 Å². The van der Waals surface area contributed by atoms with E-state index in [0.29, 0.717) is 6.54 Å². The summed E-state index contributed by atoms with van der Waals surface area (Å²) in [6.45, 7) is 2.41. The van der Waals surface area contributed by atoms with E-state index in [1.165, 1.54) is 12.1 Å². The predicted octanol–water partition coefficient (Wildman–Crippen LogP) is 3.23. The molecule has 0 saturated heterocycles. The van der Waals surface area contributed by atoms with Gasteiger partial charge in [-0.25, -0.2) is 8.78 Å². The molecule has 0 atom stereocenters. The van der Waals surface area contributed by atoms with E-state index in [-0.39, 0.29) is 23.9 Å².